The topological polar surface area (TPSA) is 43.1 Å². The Morgan fingerprint density at radius 3 is 2.94 bits per heavy atom. The minimum absolute atomic E-state index is 0.854. The van der Waals surface area contributed by atoms with Crippen molar-refractivity contribution in [3.8, 4) is 11.3 Å². The molecule has 0 fully saturated rings. The molecular formula is C12H9IN4. The molecule has 0 N–H and O–H groups in total. The van der Waals surface area contributed by atoms with Crippen LogP contribution in [-0.2, 0) is 0 Å². The summed E-state index contributed by atoms with van der Waals surface area (Å²) in [6, 6.07) is 5.81. The minimum atomic E-state index is 0.854. The molecule has 0 amide bonds. The number of hydrogen-bond acceptors (Lipinski definition) is 3. The van der Waals surface area contributed by atoms with Crippen LogP contribution in [0.4, 0.5) is 0 Å². The van der Waals surface area contributed by atoms with Crippen LogP contribution >= 0.6 is 22.6 Å². The quantitative estimate of drug-likeness (QED) is 0.642. The summed E-state index contributed by atoms with van der Waals surface area (Å²) >= 11 is 2.30. The Morgan fingerprint density at radius 1 is 1.24 bits per heavy atom. The number of rotatable bonds is 1. The van der Waals surface area contributed by atoms with Crippen LogP contribution in [0, 0.1) is 10.5 Å². The average molecular weight is 336 g/mol. The molecule has 0 spiro atoms. The summed E-state index contributed by atoms with van der Waals surface area (Å²) in [5.74, 6) is 0. The van der Waals surface area contributed by atoms with Crippen LogP contribution in [0.5, 0.6) is 0 Å². The number of pyridine rings is 1. The lowest BCUT2D eigenvalue weighted by atomic mass is 10.2. The van der Waals surface area contributed by atoms with Gasteiger partial charge in [0.1, 0.15) is 0 Å². The van der Waals surface area contributed by atoms with Gasteiger partial charge in [-0.1, -0.05) is 0 Å². The molecule has 3 rings (SSSR count). The highest BCUT2D eigenvalue weighted by molar-refractivity contribution is 14.1. The maximum atomic E-state index is 4.55. The molecular weight excluding hydrogens is 327 g/mol. The highest BCUT2D eigenvalue weighted by Crippen LogP contribution is 2.25. The summed E-state index contributed by atoms with van der Waals surface area (Å²) in [4.78, 5) is 8.81. The zero-order chi connectivity index (χ0) is 11.8. The molecule has 0 aliphatic carbocycles. The van der Waals surface area contributed by atoms with Gasteiger partial charge in [-0.25, -0.2) is 9.50 Å². The van der Waals surface area contributed by atoms with Gasteiger partial charge in [-0.05, 0) is 47.7 Å². The first kappa shape index (κ1) is 10.6. The number of imidazole rings is 1. The number of hydrogen-bond donors (Lipinski definition) is 0. The number of nitrogens with zero attached hydrogens (tertiary/aromatic N) is 4. The molecule has 0 aliphatic rings. The van der Waals surface area contributed by atoms with Gasteiger partial charge in [-0.2, -0.15) is 5.10 Å². The lowest BCUT2D eigenvalue weighted by molar-refractivity contribution is 0.936. The number of halogens is 1. The molecule has 3 heterocycles. The average Bonchev–Trinajstić information content (AvgIpc) is 2.76. The fraction of sp³-hybridized carbons (Fsp3) is 0.0833. The summed E-state index contributed by atoms with van der Waals surface area (Å²) in [5, 5.41) is 4.22. The Kier molecular flexibility index (Phi) is 2.54. The van der Waals surface area contributed by atoms with Crippen molar-refractivity contribution in [2.24, 2.45) is 0 Å². The van der Waals surface area contributed by atoms with Gasteiger partial charge >= 0.3 is 0 Å². The van der Waals surface area contributed by atoms with Crippen LogP contribution in [0.15, 0.2) is 36.8 Å². The predicted octanol–water partition coefficient (Wildman–Crippen LogP) is 2.70. The summed E-state index contributed by atoms with van der Waals surface area (Å²) in [6.45, 7) is 2.00. The Bertz CT molecular complexity index is 657. The van der Waals surface area contributed by atoms with Crippen molar-refractivity contribution in [2.75, 3.05) is 0 Å². The third kappa shape index (κ3) is 1.80. The molecule has 84 valence electrons. The van der Waals surface area contributed by atoms with E-state index in [1.54, 1.807) is 10.7 Å². The maximum absolute atomic E-state index is 4.55. The van der Waals surface area contributed by atoms with E-state index in [1.807, 2.05) is 37.5 Å². The summed E-state index contributed by atoms with van der Waals surface area (Å²) < 4.78 is 2.91. The Labute approximate surface area is 112 Å². The second kappa shape index (κ2) is 4.06. The van der Waals surface area contributed by atoms with E-state index in [-0.39, 0.29) is 0 Å². The zero-order valence-electron chi connectivity index (χ0n) is 9.13. The third-order valence-electron chi connectivity index (χ3n) is 2.58. The van der Waals surface area contributed by atoms with Crippen molar-refractivity contribution in [3.05, 3.63) is 46.1 Å². The molecule has 0 atom stereocenters. The van der Waals surface area contributed by atoms with E-state index < -0.39 is 0 Å². The number of aromatic nitrogens is 4. The lowest BCUT2D eigenvalue weighted by Crippen LogP contribution is -1.90. The molecule has 0 unspecified atom stereocenters. The monoisotopic (exact) mass is 336 g/mol. The van der Waals surface area contributed by atoms with Crippen molar-refractivity contribution >= 4 is 28.2 Å². The fourth-order valence-corrected chi connectivity index (χ4v) is 2.30. The molecule has 0 aliphatic heterocycles. The molecule has 0 radical (unpaired) electrons. The van der Waals surface area contributed by atoms with Gasteiger partial charge in [0, 0.05) is 21.5 Å². The van der Waals surface area contributed by atoms with E-state index in [0.717, 1.165) is 26.2 Å². The predicted molar refractivity (Wildman–Crippen MR) is 73.7 cm³/mol. The molecule has 3 aromatic rings. The van der Waals surface area contributed by atoms with Gasteiger partial charge in [0.25, 0.3) is 0 Å². The van der Waals surface area contributed by atoms with E-state index in [0.29, 0.717) is 0 Å². The first-order valence-electron chi connectivity index (χ1n) is 5.17. The molecule has 4 nitrogen and oxygen atoms in total. The van der Waals surface area contributed by atoms with Gasteiger partial charge in [0.15, 0.2) is 5.65 Å². The van der Waals surface area contributed by atoms with Crippen molar-refractivity contribution in [3.63, 3.8) is 0 Å². The van der Waals surface area contributed by atoms with Crippen LogP contribution in [0.1, 0.15) is 5.69 Å². The first-order valence-corrected chi connectivity index (χ1v) is 6.25. The van der Waals surface area contributed by atoms with Gasteiger partial charge in [-0.3, -0.25) is 4.98 Å². The van der Waals surface area contributed by atoms with E-state index in [4.69, 9.17) is 0 Å². The molecule has 3 aromatic heterocycles. The van der Waals surface area contributed by atoms with Crippen molar-refractivity contribution in [2.45, 2.75) is 6.92 Å². The fourth-order valence-electron chi connectivity index (χ4n) is 1.71. The third-order valence-corrected chi connectivity index (χ3v) is 3.94. The second-order valence-electron chi connectivity index (χ2n) is 3.71. The normalized spacial score (nSPS) is 10.9. The molecule has 5 heteroatoms. The summed E-state index contributed by atoms with van der Waals surface area (Å²) in [6.07, 6.45) is 5.50. The van der Waals surface area contributed by atoms with Crippen molar-refractivity contribution in [1.29, 1.82) is 0 Å². The Balaban J connectivity index is 2.24. The molecule has 0 saturated carbocycles. The largest absolute Gasteiger partial charge is 0.260 e. The van der Waals surface area contributed by atoms with Crippen LogP contribution < -0.4 is 0 Å². The Hall–Kier alpha value is -1.50. The van der Waals surface area contributed by atoms with Crippen LogP contribution in [0.25, 0.3) is 16.9 Å². The van der Waals surface area contributed by atoms with Crippen LogP contribution in [-0.4, -0.2) is 19.6 Å². The standard InChI is InChI=1S/C12H9IN4/c1-8-12(13)9(4-6-14-8)10-7-17-11(16-10)3-2-5-15-17/h2-7H,1H3. The van der Waals surface area contributed by atoms with E-state index in [9.17, 15) is 0 Å². The van der Waals surface area contributed by atoms with E-state index in [2.05, 4.69) is 37.7 Å². The van der Waals surface area contributed by atoms with Crippen LogP contribution in [0.2, 0.25) is 0 Å². The van der Waals surface area contributed by atoms with Gasteiger partial charge in [-0.15, -0.1) is 0 Å². The first-order chi connectivity index (χ1) is 8.25. The zero-order valence-corrected chi connectivity index (χ0v) is 11.3. The highest BCUT2D eigenvalue weighted by atomic mass is 127. The molecule has 0 bridgehead atoms. The van der Waals surface area contributed by atoms with Gasteiger partial charge in [0.2, 0.25) is 0 Å². The highest BCUT2D eigenvalue weighted by Gasteiger charge is 2.09. The number of aryl methyl sites for hydroxylation is 1. The van der Waals surface area contributed by atoms with E-state index in [1.165, 1.54) is 0 Å². The summed E-state index contributed by atoms with van der Waals surface area (Å²) in [5.41, 5.74) is 3.91. The second-order valence-corrected chi connectivity index (χ2v) is 4.79. The molecule has 17 heavy (non-hydrogen) atoms. The number of fused-ring (bicyclic) bond motifs is 1. The van der Waals surface area contributed by atoms with Crippen LogP contribution in [0.3, 0.4) is 0 Å². The summed E-state index contributed by atoms with van der Waals surface area (Å²) in [7, 11) is 0. The SMILES string of the molecule is Cc1nccc(-c2cn3ncccc3n2)c1I. The van der Waals surface area contributed by atoms with E-state index >= 15 is 0 Å². The van der Waals surface area contributed by atoms with Gasteiger partial charge in [0.05, 0.1) is 17.6 Å². The smallest absolute Gasteiger partial charge is 0.154 e. The molecule has 0 saturated heterocycles. The maximum Gasteiger partial charge on any atom is 0.154 e. The van der Waals surface area contributed by atoms with Crippen molar-refractivity contribution in [1.82, 2.24) is 19.6 Å². The lowest BCUT2D eigenvalue weighted by Gasteiger charge is -2.02. The van der Waals surface area contributed by atoms with Gasteiger partial charge < -0.3 is 0 Å². The molecule has 0 aromatic carbocycles. The minimum Gasteiger partial charge on any atom is -0.260 e. The van der Waals surface area contributed by atoms with Crippen molar-refractivity contribution < 1.29 is 0 Å². The Morgan fingerprint density at radius 2 is 2.12 bits per heavy atom.